The van der Waals surface area contributed by atoms with Crippen molar-refractivity contribution >= 4 is 37.8 Å². The molecule has 0 unspecified atom stereocenters. The molecule has 0 saturated heterocycles. The maximum absolute atomic E-state index is 10.3. The zero-order chi connectivity index (χ0) is 15.1. The van der Waals surface area contributed by atoms with Gasteiger partial charge in [0, 0.05) is 17.3 Å². The number of carboxylic acids is 1. The molecule has 0 atom stereocenters. The van der Waals surface area contributed by atoms with Gasteiger partial charge in [0.15, 0.2) is 0 Å². The van der Waals surface area contributed by atoms with Crippen LogP contribution in [0.3, 0.4) is 0 Å². The summed E-state index contributed by atoms with van der Waals surface area (Å²) in [6, 6.07) is 0. The third kappa shape index (κ3) is 15.3. The van der Waals surface area contributed by atoms with Gasteiger partial charge >= 0.3 is 5.97 Å². The van der Waals surface area contributed by atoms with E-state index in [0.717, 1.165) is 30.2 Å². The summed E-state index contributed by atoms with van der Waals surface area (Å²) in [6.07, 6.45) is 13.9. The van der Waals surface area contributed by atoms with Gasteiger partial charge in [-0.2, -0.15) is 0 Å². The predicted molar refractivity (Wildman–Crippen MR) is 91.9 cm³/mol. The first-order valence-corrected chi connectivity index (χ1v) is 8.35. The fraction of sp³-hybridized carbons (Fsp3) is 0.438. The van der Waals surface area contributed by atoms with E-state index in [0.29, 0.717) is 12.8 Å². The molecule has 0 heterocycles. The van der Waals surface area contributed by atoms with E-state index in [1.807, 2.05) is 17.1 Å². The summed E-state index contributed by atoms with van der Waals surface area (Å²) in [5.74, 6) is 5.12. The van der Waals surface area contributed by atoms with Crippen molar-refractivity contribution in [2.75, 3.05) is 0 Å². The zero-order valence-electron chi connectivity index (χ0n) is 11.4. The molecule has 0 spiro atoms. The van der Waals surface area contributed by atoms with Crippen LogP contribution >= 0.6 is 31.9 Å². The van der Waals surface area contributed by atoms with Crippen LogP contribution in [0.15, 0.2) is 33.8 Å². The third-order valence-corrected chi connectivity index (χ3v) is 3.23. The molecule has 4 heteroatoms. The predicted octanol–water partition coefficient (Wildman–Crippen LogP) is 5.55. The van der Waals surface area contributed by atoms with Gasteiger partial charge in [0.05, 0.1) is 0 Å². The fourth-order valence-electron chi connectivity index (χ4n) is 1.38. The molecule has 0 rings (SSSR count). The highest BCUT2D eigenvalue weighted by molar-refractivity contribution is 9.12. The van der Waals surface area contributed by atoms with Gasteiger partial charge in [-0.15, -0.1) is 0 Å². The van der Waals surface area contributed by atoms with Crippen molar-refractivity contribution in [1.82, 2.24) is 0 Å². The van der Waals surface area contributed by atoms with E-state index in [9.17, 15) is 4.79 Å². The SMILES string of the molecule is O=C(O)CCCC#CC=CCCCCC=C(Br)C=CBr. The van der Waals surface area contributed by atoms with Crippen molar-refractivity contribution < 1.29 is 9.90 Å². The van der Waals surface area contributed by atoms with Crippen LogP contribution in [0.25, 0.3) is 0 Å². The number of unbranched alkanes of at least 4 members (excludes halogenated alkanes) is 4. The first-order chi connectivity index (χ1) is 9.66. The van der Waals surface area contributed by atoms with Gasteiger partial charge in [-0.3, -0.25) is 4.79 Å². The van der Waals surface area contributed by atoms with E-state index in [1.54, 1.807) is 0 Å². The summed E-state index contributed by atoms with van der Waals surface area (Å²) in [4.78, 5) is 12.1. The van der Waals surface area contributed by atoms with Crippen LogP contribution in [0.1, 0.15) is 44.9 Å². The van der Waals surface area contributed by atoms with E-state index in [2.05, 4.69) is 55.9 Å². The molecule has 0 saturated carbocycles. The summed E-state index contributed by atoms with van der Waals surface area (Å²) in [5, 5.41) is 8.45. The largest absolute Gasteiger partial charge is 0.481 e. The lowest BCUT2D eigenvalue weighted by atomic mass is 10.2. The summed E-state index contributed by atoms with van der Waals surface area (Å²) in [6.45, 7) is 0. The van der Waals surface area contributed by atoms with Crippen molar-refractivity contribution in [2.45, 2.75) is 44.9 Å². The van der Waals surface area contributed by atoms with Gasteiger partial charge in [-0.05, 0) is 49.2 Å². The molecule has 0 aliphatic rings. The molecule has 0 fully saturated rings. The van der Waals surface area contributed by atoms with Gasteiger partial charge < -0.3 is 5.11 Å². The molecule has 0 bridgehead atoms. The van der Waals surface area contributed by atoms with E-state index in [4.69, 9.17) is 5.11 Å². The Balaban J connectivity index is 3.51. The number of rotatable bonds is 9. The van der Waals surface area contributed by atoms with Gasteiger partial charge in [-0.1, -0.05) is 55.9 Å². The second-order valence-electron chi connectivity index (χ2n) is 4.14. The Kier molecular flexibility index (Phi) is 14.0. The van der Waals surface area contributed by atoms with Crippen LogP contribution in [-0.2, 0) is 4.79 Å². The first-order valence-electron chi connectivity index (χ1n) is 6.64. The normalized spacial score (nSPS) is 11.8. The molecule has 0 aromatic rings. The molecule has 20 heavy (non-hydrogen) atoms. The first kappa shape index (κ1) is 19.2. The molecule has 0 aliphatic heterocycles. The summed E-state index contributed by atoms with van der Waals surface area (Å²) in [7, 11) is 0. The summed E-state index contributed by atoms with van der Waals surface area (Å²) in [5.41, 5.74) is 0. The lowest BCUT2D eigenvalue weighted by Gasteiger charge is -1.93. The maximum Gasteiger partial charge on any atom is 0.303 e. The van der Waals surface area contributed by atoms with Gasteiger partial charge in [-0.25, -0.2) is 0 Å². The molecule has 0 aliphatic carbocycles. The van der Waals surface area contributed by atoms with Crippen LogP contribution in [-0.4, -0.2) is 11.1 Å². The minimum Gasteiger partial charge on any atom is -0.481 e. The molecule has 0 aromatic carbocycles. The standard InChI is InChI=1S/C16H20Br2O2/c17-14-13-15(18)11-9-7-5-3-1-2-4-6-8-10-12-16(19)20/h1-2,11,13-14H,3,5,7-10,12H2,(H,19,20). The van der Waals surface area contributed by atoms with E-state index >= 15 is 0 Å². The number of carboxylic acid groups (broad SMARTS) is 1. The Hall–Kier alpha value is -0.790. The highest BCUT2D eigenvalue weighted by Crippen LogP contribution is 2.11. The topological polar surface area (TPSA) is 37.3 Å². The van der Waals surface area contributed by atoms with Crippen LogP contribution in [0.4, 0.5) is 0 Å². The minimum atomic E-state index is -0.755. The zero-order valence-corrected chi connectivity index (χ0v) is 14.6. The molecular weight excluding hydrogens is 384 g/mol. The minimum absolute atomic E-state index is 0.200. The third-order valence-electron chi connectivity index (χ3n) is 2.38. The Morgan fingerprint density at radius 2 is 1.95 bits per heavy atom. The van der Waals surface area contributed by atoms with Crippen molar-refractivity contribution in [3.05, 3.63) is 33.8 Å². The van der Waals surface area contributed by atoms with Crippen molar-refractivity contribution in [1.29, 1.82) is 0 Å². The Morgan fingerprint density at radius 3 is 2.65 bits per heavy atom. The van der Waals surface area contributed by atoms with Gasteiger partial charge in [0.2, 0.25) is 0 Å². The van der Waals surface area contributed by atoms with Gasteiger partial charge in [0.1, 0.15) is 0 Å². The number of carbonyl (C=O) groups is 1. The molecule has 1 N–H and O–H groups in total. The lowest BCUT2D eigenvalue weighted by molar-refractivity contribution is -0.137. The number of halogens is 2. The highest BCUT2D eigenvalue weighted by Gasteiger charge is 1.92. The second kappa shape index (κ2) is 14.6. The lowest BCUT2D eigenvalue weighted by Crippen LogP contribution is -1.92. The summed E-state index contributed by atoms with van der Waals surface area (Å²) >= 11 is 6.67. The van der Waals surface area contributed by atoms with Crippen LogP contribution < -0.4 is 0 Å². The quantitative estimate of drug-likeness (QED) is 0.311. The Labute approximate surface area is 138 Å². The van der Waals surface area contributed by atoms with Crippen LogP contribution in [0.5, 0.6) is 0 Å². The average molecular weight is 404 g/mol. The molecule has 2 nitrogen and oxygen atoms in total. The number of hydrogen-bond acceptors (Lipinski definition) is 1. The van der Waals surface area contributed by atoms with Crippen molar-refractivity contribution in [2.24, 2.45) is 0 Å². The van der Waals surface area contributed by atoms with Gasteiger partial charge in [0.25, 0.3) is 0 Å². The monoisotopic (exact) mass is 402 g/mol. The molecule has 0 aromatic heterocycles. The highest BCUT2D eigenvalue weighted by atomic mass is 79.9. The van der Waals surface area contributed by atoms with E-state index in [-0.39, 0.29) is 6.42 Å². The number of allylic oxidation sites excluding steroid dienone is 5. The number of aliphatic carboxylic acids is 1. The Morgan fingerprint density at radius 1 is 1.20 bits per heavy atom. The number of hydrogen-bond donors (Lipinski definition) is 1. The molecule has 0 radical (unpaired) electrons. The van der Waals surface area contributed by atoms with Crippen LogP contribution in [0, 0.1) is 11.8 Å². The van der Waals surface area contributed by atoms with E-state index < -0.39 is 5.97 Å². The van der Waals surface area contributed by atoms with E-state index in [1.165, 1.54) is 0 Å². The van der Waals surface area contributed by atoms with Crippen molar-refractivity contribution in [3.63, 3.8) is 0 Å². The maximum atomic E-state index is 10.3. The molecule has 0 amide bonds. The van der Waals surface area contributed by atoms with Crippen molar-refractivity contribution in [3.8, 4) is 11.8 Å². The molecule has 110 valence electrons. The fourth-order valence-corrected chi connectivity index (χ4v) is 2.38. The smallest absolute Gasteiger partial charge is 0.303 e. The summed E-state index contributed by atoms with van der Waals surface area (Å²) < 4.78 is 1.09. The Bertz CT molecular complexity index is 412. The van der Waals surface area contributed by atoms with Crippen LogP contribution in [0.2, 0.25) is 0 Å². The second-order valence-corrected chi connectivity index (χ2v) is 5.58. The average Bonchev–Trinajstić information content (AvgIpc) is 2.40. The molecular formula is C16H20Br2O2.